The van der Waals surface area contributed by atoms with Gasteiger partial charge in [0.15, 0.2) is 0 Å². The van der Waals surface area contributed by atoms with Gasteiger partial charge in [0.2, 0.25) is 0 Å². The van der Waals surface area contributed by atoms with Crippen LogP contribution in [0.3, 0.4) is 0 Å². The molecule has 0 bridgehead atoms. The van der Waals surface area contributed by atoms with Gasteiger partial charge in [-0.1, -0.05) is 24.2 Å². The van der Waals surface area contributed by atoms with Crippen molar-refractivity contribution in [3.63, 3.8) is 0 Å². The molecule has 6 heteroatoms. The van der Waals surface area contributed by atoms with Crippen molar-refractivity contribution in [3.8, 4) is 5.75 Å². The Labute approximate surface area is 143 Å². The maximum absolute atomic E-state index is 9.10. The second kappa shape index (κ2) is 8.35. The number of ether oxygens (including phenoxy) is 1. The van der Waals surface area contributed by atoms with Gasteiger partial charge in [-0.25, -0.2) is 0 Å². The van der Waals surface area contributed by atoms with E-state index >= 15 is 0 Å². The fraction of sp³-hybridized carbons (Fsp3) is 0.611. The predicted octanol–water partition coefficient (Wildman–Crippen LogP) is 1.73. The van der Waals surface area contributed by atoms with Crippen LogP contribution >= 0.6 is 0 Å². The molecule has 6 nitrogen and oxygen atoms in total. The van der Waals surface area contributed by atoms with Gasteiger partial charge in [-0.05, 0) is 18.6 Å². The van der Waals surface area contributed by atoms with Crippen LogP contribution in [-0.4, -0.2) is 67.8 Å². The maximum Gasteiger partial charge on any atom is 0.145 e. The molecule has 0 amide bonds. The Morgan fingerprint density at radius 1 is 1.25 bits per heavy atom. The largest absolute Gasteiger partial charge is 0.491 e. The summed E-state index contributed by atoms with van der Waals surface area (Å²) in [5.41, 5.74) is 1.94. The third-order valence-corrected chi connectivity index (χ3v) is 4.48. The Morgan fingerprint density at radius 3 is 2.75 bits per heavy atom. The van der Waals surface area contributed by atoms with Gasteiger partial charge in [0, 0.05) is 39.1 Å². The number of nitrogens with zero attached hydrogens (tertiary/aromatic N) is 3. The van der Waals surface area contributed by atoms with Crippen LogP contribution in [0.15, 0.2) is 29.4 Å². The molecule has 1 aromatic carbocycles. The maximum atomic E-state index is 9.10. The lowest BCUT2D eigenvalue weighted by Gasteiger charge is -2.37. The van der Waals surface area contributed by atoms with Gasteiger partial charge >= 0.3 is 0 Å². The van der Waals surface area contributed by atoms with Crippen LogP contribution in [0.2, 0.25) is 0 Å². The lowest BCUT2D eigenvalue weighted by Crippen LogP contribution is -2.48. The van der Waals surface area contributed by atoms with Gasteiger partial charge in [0.1, 0.15) is 11.9 Å². The van der Waals surface area contributed by atoms with E-state index in [1.165, 1.54) is 5.69 Å². The number of benzene rings is 1. The van der Waals surface area contributed by atoms with Gasteiger partial charge in [0.25, 0.3) is 0 Å². The van der Waals surface area contributed by atoms with E-state index in [0.29, 0.717) is 0 Å². The van der Waals surface area contributed by atoms with Crippen molar-refractivity contribution in [3.05, 3.63) is 24.3 Å². The summed E-state index contributed by atoms with van der Waals surface area (Å²) in [4.78, 5) is 10.2. The Hall–Kier alpha value is -1.79. The molecule has 0 aliphatic carbocycles. The van der Waals surface area contributed by atoms with Crippen molar-refractivity contribution in [2.75, 3.05) is 50.8 Å². The minimum absolute atomic E-state index is 0.00117. The minimum Gasteiger partial charge on any atom is -0.491 e. The van der Waals surface area contributed by atoms with Gasteiger partial charge in [0.05, 0.1) is 24.6 Å². The summed E-state index contributed by atoms with van der Waals surface area (Å²) in [5, 5.41) is 13.0. The van der Waals surface area contributed by atoms with Crippen LogP contribution in [0, 0.1) is 0 Å². The summed E-state index contributed by atoms with van der Waals surface area (Å²) >= 11 is 0. The number of para-hydroxylation sites is 2. The molecule has 2 aliphatic heterocycles. The van der Waals surface area contributed by atoms with E-state index in [0.717, 1.165) is 63.6 Å². The van der Waals surface area contributed by atoms with Crippen molar-refractivity contribution in [1.82, 2.24) is 4.90 Å². The van der Waals surface area contributed by atoms with E-state index in [1.807, 2.05) is 6.07 Å². The molecule has 0 radical (unpaired) electrons. The Kier molecular flexibility index (Phi) is 5.93. The van der Waals surface area contributed by atoms with Crippen molar-refractivity contribution in [2.45, 2.75) is 25.9 Å². The summed E-state index contributed by atoms with van der Waals surface area (Å²) in [6.07, 6.45) is 1.84. The molecule has 1 aromatic rings. The molecular formula is C18H27N3O3. The van der Waals surface area contributed by atoms with Crippen LogP contribution in [0.25, 0.3) is 0 Å². The first kappa shape index (κ1) is 17.0. The number of hydrogen-bond acceptors (Lipinski definition) is 6. The second-order valence-electron chi connectivity index (χ2n) is 6.35. The standard InChI is InChI=1S/C18H27N3O3/c1-2-11-23-18-6-4-3-5-17(18)21-9-7-20(8-10-21)13-16-12-15(14-22)19-24-16/h3-6,16,22H,2,7-14H2,1H3. The van der Waals surface area contributed by atoms with Gasteiger partial charge in [-0.3, -0.25) is 4.90 Å². The number of rotatable bonds is 7. The van der Waals surface area contributed by atoms with E-state index in [4.69, 9.17) is 14.7 Å². The molecule has 0 spiro atoms. The van der Waals surface area contributed by atoms with E-state index in [-0.39, 0.29) is 12.7 Å². The molecule has 1 unspecified atom stereocenters. The Morgan fingerprint density at radius 2 is 2.04 bits per heavy atom. The quantitative estimate of drug-likeness (QED) is 0.824. The third-order valence-electron chi connectivity index (χ3n) is 4.48. The smallest absolute Gasteiger partial charge is 0.145 e. The van der Waals surface area contributed by atoms with Crippen LogP contribution in [0.5, 0.6) is 5.75 Å². The SMILES string of the molecule is CCCOc1ccccc1N1CCN(CC2CC(CO)=NO2)CC1. The van der Waals surface area contributed by atoms with Crippen LogP contribution < -0.4 is 9.64 Å². The molecule has 3 rings (SSSR count). The third kappa shape index (κ3) is 4.19. The van der Waals surface area contributed by atoms with Gasteiger partial charge < -0.3 is 19.6 Å². The highest BCUT2D eigenvalue weighted by molar-refractivity contribution is 5.86. The number of oxime groups is 1. The molecular weight excluding hydrogens is 306 g/mol. The van der Waals surface area contributed by atoms with E-state index in [2.05, 4.69) is 40.1 Å². The first-order valence-corrected chi connectivity index (χ1v) is 8.81. The number of hydrogen-bond donors (Lipinski definition) is 1. The molecule has 1 saturated heterocycles. The van der Waals surface area contributed by atoms with Crippen LogP contribution in [0.4, 0.5) is 5.69 Å². The molecule has 24 heavy (non-hydrogen) atoms. The molecule has 0 aromatic heterocycles. The highest BCUT2D eigenvalue weighted by Gasteiger charge is 2.26. The summed E-state index contributed by atoms with van der Waals surface area (Å²) in [6.45, 7) is 7.70. The normalized spacial score (nSPS) is 21.5. The second-order valence-corrected chi connectivity index (χ2v) is 6.35. The van der Waals surface area contributed by atoms with Crippen molar-refractivity contribution >= 4 is 11.4 Å². The monoisotopic (exact) mass is 333 g/mol. The number of piperazine rings is 1. The lowest BCUT2D eigenvalue weighted by molar-refractivity contribution is 0.0510. The molecule has 0 saturated carbocycles. The van der Waals surface area contributed by atoms with Gasteiger partial charge in [-0.2, -0.15) is 0 Å². The highest BCUT2D eigenvalue weighted by atomic mass is 16.6. The molecule has 1 fully saturated rings. The average molecular weight is 333 g/mol. The Balaban J connectivity index is 1.50. The molecule has 132 valence electrons. The van der Waals surface area contributed by atoms with E-state index in [9.17, 15) is 0 Å². The van der Waals surface area contributed by atoms with Crippen molar-refractivity contribution < 1.29 is 14.7 Å². The van der Waals surface area contributed by atoms with Crippen LogP contribution in [-0.2, 0) is 4.84 Å². The number of aliphatic hydroxyl groups excluding tert-OH is 1. The topological polar surface area (TPSA) is 57.5 Å². The predicted molar refractivity (Wildman–Crippen MR) is 94.9 cm³/mol. The van der Waals surface area contributed by atoms with Gasteiger partial charge in [-0.15, -0.1) is 0 Å². The van der Waals surface area contributed by atoms with Crippen molar-refractivity contribution in [1.29, 1.82) is 0 Å². The van der Waals surface area contributed by atoms with Crippen molar-refractivity contribution in [2.24, 2.45) is 5.16 Å². The molecule has 1 atom stereocenters. The Bertz CT molecular complexity index is 556. The fourth-order valence-corrected chi connectivity index (χ4v) is 3.19. The zero-order chi connectivity index (χ0) is 16.8. The molecule has 1 N–H and O–H groups in total. The first-order valence-electron chi connectivity index (χ1n) is 8.81. The summed E-state index contributed by atoms with van der Waals surface area (Å²) in [5.74, 6) is 0.980. The summed E-state index contributed by atoms with van der Waals surface area (Å²) in [7, 11) is 0. The average Bonchev–Trinajstić information content (AvgIpc) is 3.08. The fourth-order valence-electron chi connectivity index (χ4n) is 3.19. The first-order chi connectivity index (χ1) is 11.8. The highest BCUT2D eigenvalue weighted by Crippen LogP contribution is 2.29. The zero-order valence-electron chi connectivity index (χ0n) is 14.4. The van der Waals surface area contributed by atoms with E-state index < -0.39 is 0 Å². The van der Waals surface area contributed by atoms with Crippen LogP contribution in [0.1, 0.15) is 19.8 Å². The minimum atomic E-state index is -0.00117. The molecule has 2 heterocycles. The summed E-state index contributed by atoms with van der Waals surface area (Å²) < 4.78 is 5.88. The lowest BCUT2D eigenvalue weighted by atomic mass is 10.1. The van der Waals surface area contributed by atoms with E-state index in [1.54, 1.807) is 0 Å². The zero-order valence-corrected chi connectivity index (χ0v) is 14.4. The number of anilines is 1. The summed E-state index contributed by atoms with van der Waals surface area (Å²) in [6, 6.07) is 8.29. The molecule has 2 aliphatic rings. The number of aliphatic hydroxyl groups is 1.